The molecule has 0 aliphatic heterocycles. The maximum atomic E-state index is 12.3. The number of rotatable bonds is 7. The topological polar surface area (TPSA) is 99.5 Å². The Balaban J connectivity index is 2.19. The van der Waals surface area contributed by atoms with Crippen molar-refractivity contribution in [2.45, 2.75) is 33.4 Å². The van der Waals surface area contributed by atoms with Crippen LogP contribution in [0.15, 0.2) is 23.0 Å². The molecule has 1 amide bonds. The first kappa shape index (κ1) is 19.6. The highest BCUT2D eigenvalue weighted by Crippen LogP contribution is 2.15. The SMILES string of the molecule is CCn1c(=O)c(C)nc2cc(C(=O)O[C@H](C)C(=O)NCCOC)ccc21. The van der Waals surface area contributed by atoms with E-state index in [0.29, 0.717) is 36.4 Å². The van der Waals surface area contributed by atoms with Gasteiger partial charge in [-0.1, -0.05) is 0 Å². The van der Waals surface area contributed by atoms with Crippen molar-refractivity contribution in [2.75, 3.05) is 20.3 Å². The van der Waals surface area contributed by atoms with Gasteiger partial charge in [-0.3, -0.25) is 9.59 Å². The number of aromatic nitrogens is 2. The third kappa shape index (κ3) is 4.26. The Labute approximate surface area is 151 Å². The average Bonchev–Trinajstić information content (AvgIpc) is 2.62. The summed E-state index contributed by atoms with van der Waals surface area (Å²) in [5, 5.41) is 2.61. The highest BCUT2D eigenvalue weighted by Gasteiger charge is 2.19. The molecule has 2 rings (SSSR count). The highest BCUT2D eigenvalue weighted by atomic mass is 16.5. The lowest BCUT2D eigenvalue weighted by molar-refractivity contribution is -0.129. The van der Waals surface area contributed by atoms with Crippen molar-refractivity contribution in [1.29, 1.82) is 0 Å². The van der Waals surface area contributed by atoms with Crippen LogP contribution in [-0.4, -0.2) is 47.8 Å². The lowest BCUT2D eigenvalue weighted by Crippen LogP contribution is -2.37. The minimum Gasteiger partial charge on any atom is -0.449 e. The Morgan fingerprint density at radius 1 is 1.35 bits per heavy atom. The van der Waals surface area contributed by atoms with Gasteiger partial charge in [-0.05, 0) is 39.0 Å². The van der Waals surface area contributed by atoms with E-state index in [1.807, 2.05) is 6.92 Å². The number of methoxy groups -OCH3 is 1. The lowest BCUT2D eigenvalue weighted by atomic mass is 10.2. The van der Waals surface area contributed by atoms with Crippen LogP contribution >= 0.6 is 0 Å². The Morgan fingerprint density at radius 3 is 2.73 bits per heavy atom. The number of fused-ring (bicyclic) bond motifs is 1. The first-order chi connectivity index (χ1) is 12.4. The Morgan fingerprint density at radius 2 is 2.08 bits per heavy atom. The molecule has 2 aromatic rings. The predicted octanol–water partition coefficient (Wildman–Crippen LogP) is 1.03. The number of amides is 1. The molecule has 8 nitrogen and oxygen atoms in total. The van der Waals surface area contributed by atoms with Gasteiger partial charge in [-0.2, -0.15) is 0 Å². The van der Waals surface area contributed by atoms with Crippen LogP contribution in [0, 0.1) is 6.92 Å². The van der Waals surface area contributed by atoms with Crippen LogP contribution in [0.4, 0.5) is 0 Å². The molecular weight excluding hydrogens is 338 g/mol. The molecule has 0 fully saturated rings. The molecule has 0 aliphatic carbocycles. The summed E-state index contributed by atoms with van der Waals surface area (Å²) in [6.45, 7) is 6.21. The second-order valence-electron chi connectivity index (χ2n) is 5.78. The molecule has 1 aromatic heterocycles. The van der Waals surface area contributed by atoms with Crippen molar-refractivity contribution >= 4 is 22.9 Å². The molecule has 8 heteroatoms. The molecule has 0 spiro atoms. The molecule has 1 N–H and O–H groups in total. The van der Waals surface area contributed by atoms with E-state index in [1.54, 1.807) is 29.7 Å². The fraction of sp³-hybridized carbons (Fsp3) is 0.444. The summed E-state index contributed by atoms with van der Waals surface area (Å²) in [7, 11) is 1.53. The lowest BCUT2D eigenvalue weighted by Gasteiger charge is -2.14. The van der Waals surface area contributed by atoms with E-state index in [-0.39, 0.29) is 11.1 Å². The van der Waals surface area contributed by atoms with Crippen molar-refractivity contribution in [3.05, 3.63) is 39.8 Å². The molecule has 0 saturated heterocycles. The quantitative estimate of drug-likeness (QED) is 0.584. The van der Waals surface area contributed by atoms with Crippen molar-refractivity contribution in [1.82, 2.24) is 14.9 Å². The molecule has 26 heavy (non-hydrogen) atoms. The molecule has 140 valence electrons. The highest BCUT2D eigenvalue weighted by molar-refractivity contribution is 5.95. The van der Waals surface area contributed by atoms with Gasteiger partial charge in [-0.25, -0.2) is 9.78 Å². The molecule has 0 aliphatic rings. The first-order valence-corrected chi connectivity index (χ1v) is 8.37. The number of benzene rings is 1. The maximum Gasteiger partial charge on any atom is 0.338 e. The number of nitrogens with zero attached hydrogens (tertiary/aromatic N) is 2. The van der Waals surface area contributed by atoms with E-state index in [9.17, 15) is 14.4 Å². The van der Waals surface area contributed by atoms with Crippen LogP contribution in [0.3, 0.4) is 0 Å². The number of carbonyl (C=O) groups excluding carboxylic acids is 2. The molecule has 0 radical (unpaired) electrons. The Kier molecular flexibility index (Phi) is 6.46. The zero-order valence-corrected chi connectivity index (χ0v) is 15.4. The van der Waals surface area contributed by atoms with Gasteiger partial charge < -0.3 is 19.4 Å². The van der Waals surface area contributed by atoms with E-state index in [2.05, 4.69) is 10.3 Å². The monoisotopic (exact) mass is 361 g/mol. The number of ether oxygens (including phenoxy) is 2. The Bertz CT molecular complexity index is 875. The minimum absolute atomic E-state index is 0.156. The van der Waals surface area contributed by atoms with Gasteiger partial charge in [0.15, 0.2) is 6.10 Å². The minimum atomic E-state index is -0.936. The fourth-order valence-electron chi connectivity index (χ4n) is 2.52. The molecule has 0 unspecified atom stereocenters. The predicted molar refractivity (Wildman–Crippen MR) is 96.2 cm³/mol. The molecule has 0 bridgehead atoms. The van der Waals surface area contributed by atoms with Crippen molar-refractivity contribution < 1.29 is 19.1 Å². The van der Waals surface area contributed by atoms with E-state index in [0.717, 1.165) is 0 Å². The van der Waals surface area contributed by atoms with Crippen LogP contribution in [-0.2, 0) is 20.8 Å². The smallest absolute Gasteiger partial charge is 0.338 e. The number of carbonyl (C=O) groups is 2. The maximum absolute atomic E-state index is 12.3. The van der Waals surface area contributed by atoms with Gasteiger partial charge in [0.1, 0.15) is 5.69 Å². The van der Waals surface area contributed by atoms with Crippen LogP contribution in [0.25, 0.3) is 11.0 Å². The van der Waals surface area contributed by atoms with E-state index >= 15 is 0 Å². The summed E-state index contributed by atoms with van der Waals surface area (Å²) in [4.78, 5) is 40.6. The van der Waals surface area contributed by atoms with Gasteiger partial charge in [-0.15, -0.1) is 0 Å². The van der Waals surface area contributed by atoms with Crippen molar-refractivity contribution in [3.63, 3.8) is 0 Å². The van der Waals surface area contributed by atoms with Crippen LogP contribution in [0.1, 0.15) is 29.9 Å². The first-order valence-electron chi connectivity index (χ1n) is 8.37. The summed E-state index contributed by atoms with van der Waals surface area (Å²) in [6.07, 6.45) is -0.936. The summed E-state index contributed by atoms with van der Waals surface area (Å²) < 4.78 is 11.6. The number of aryl methyl sites for hydroxylation is 2. The van der Waals surface area contributed by atoms with Crippen LogP contribution < -0.4 is 10.9 Å². The average molecular weight is 361 g/mol. The van der Waals surface area contributed by atoms with Gasteiger partial charge >= 0.3 is 5.97 Å². The summed E-state index contributed by atoms with van der Waals surface area (Å²) in [5.74, 6) is -1.03. The Hall–Kier alpha value is -2.74. The largest absolute Gasteiger partial charge is 0.449 e. The third-order valence-electron chi connectivity index (χ3n) is 3.92. The van der Waals surface area contributed by atoms with Gasteiger partial charge in [0.05, 0.1) is 23.2 Å². The van der Waals surface area contributed by atoms with E-state index in [1.165, 1.54) is 14.0 Å². The molecule has 1 aromatic carbocycles. The zero-order valence-electron chi connectivity index (χ0n) is 15.4. The second-order valence-corrected chi connectivity index (χ2v) is 5.78. The molecular formula is C18H23N3O5. The molecule has 1 atom stereocenters. The van der Waals surface area contributed by atoms with Gasteiger partial charge in [0.2, 0.25) is 0 Å². The number of esters is 1. The standard InChI is InChI=1S/C18H23N3O5/c1-5-21-15-7-6-13(10-14(15)20-11(2)17(21)23)18(24)26-12(3)16(22)19-8-9-25-4/h6-7,10,12H,5,8-9H2,1-4H3,(H,19,22)/t12-/m1/s1. The summed E-state index contributed by atoms with van der Waals surface area (Å²) in [5.41, 5.74) is 1.63. The summed E-state index contributed by atoms with van der Waals surface area (Å²) in [6, 6.07) is 4.78. The molecule has 0 saturated carbocycles. The van der Waals surface area contributed by atoms with Gasteiger partial charge in [0.25, 0.3) is 11.5 Å². The zero-order chi connectivity index (χ0) is 19.3. The normalized spacial score (nSPS) is 12.0. The number of hydrogen-bond acceptors (Lipinski definition) is 6. The van der Waals surface area contributed by atoms with E-state index < -0.39 is 18.0 Å². The van der Waals surface area contributed by atoms with Crippen LogP contribution in [0.5, 0.6) is 0 Å². The van der Waals surface area contributed by atoms with Gasteiger partial charge in [0, 0.05) is 20.2 Å². The van der Waals surface area contributed by atoms with Crippen molar-refractivity contribution in [3.8, 4) is 0 Å². The number of nitrogens with one attached hydrogen (secondary N) is 1. The molecule has 1 heterocycles. The van der Waals surface area contributed by atoms with Crippen LogP contribution in [0.2, 0.25) is 0 Å². The van der Waals surface area contributed by atoms with E-state index in [4.69, 9.17) is 9.47 Å². The third-order valence-corrected chi connectivity index (χ3v) is 3.92. The van der Waals surface area contributed by atoms with Crippen molar-refractivity contribution in [2.24, 2.45) is 0 Å². The fourth-order valence-corrected chi connectivity index (χ4v) is 2.52. The second kappa shape index (κ2) is 8.57. The summed E-state index contributed by atoms with van der Waals surface area (Å²) >= 11 is 0. The number of hydrogen-bond donors (Lipinski definition) is 1.